The number of fused-ring (bicyclic) bond motifs is 3. The van der Waals surface area contributed by atoms with Crippen molar-refractivity contribution in [3.8, 4) is 6.07 Å². The minimum Gasteiger partial charge on any atom is -0.299 e. The summed E-state index contributed by atoms with van der Waals surface area (Å²) in [6.45, 7) is 1.96. The second-order valence-corrected chi connectivity index (χ2v) is 9.75. The van der Waals surface area contributed by atoms with Crippen molar-refractivity contribution in [2.45, 2.75) is 51.4 Å². The first-order valence-electron chi connectivity index (χ1n) is 10.2. The minimum absolute atomic E-state index is 0.0294. The Morgan fingerprint density at radius 1 is 1.12 bits per heavy atom. The van der Waals surface area contributed by atoms with E-state index in [0.717, 1.165) is 54.0 Å². The molecular weight excluding hydrogens is 320 g/mol. The third kappa shape index (κ3) is 1.65. The van der Waals surface area contributed by atoms with E-state index in [4.69, 9.17) is 4.99 Å². The van der Waals surface area contributed by atoms with E-state index in [9.17, 15) is 10.1 Å². The van der Waals surface area contributed by atoms with Gasteiger partial charge in [-0.05, 0) is 74.8 Å². The molecule has 6 aliphatic rings. The van der Waals surface area contributed by atoms with Crippen LogP contribution >= 0.6 is 0 Å². The topological polar surface area (TPSA) is 53.2 Å². The average molecular weight is 344 g/mol. The summed E-state index contributed by atoms with van der Waals surface area (Å²) in [5.41, 5.74) is 2.13. The Hall–Kier alpha value is -1.95. The molecular formula is C23H24N2O. The number of ketones is 1. The van der Waals surface area contributed by atoms with Gasteiger partial charge in [0.2, 0.25) is 0 Å². The first-order chi connectivity index (χ1) is 12.6. The van der Waals surface area contributed by atoms with E-state index in [0.29, 0.717) is 5.78 Å². The van der Waals surface area contributed by atoms with Gasteiger partial charge in [0, 0.05) is 17.0 Å². The van der Waals surface area contributed by atoms with Crippen molar-refractivity contribution in [2.75, 3.05) is 0 Å². The number of rotatable bonds is 2. The van der Waals surface area contributed by atoms with Crippen molar-refractivity contribution in [1.82, 2.24) is 0 Å². The standard InChI is InChI=1S/C23H24N2O/c1-13-23(12-24)19(17-4-2-3-5-18(17)25-13)20(23)21(26)22-9-14-6-15(10-22)8-16(7-14)11-22/h2-5,14-16,19-20H,6-11H2,1H3. The molecule has 1 heterocycles. The normalized spacial score (nSPS) is 46.8. The molecule has 26 heavy (non-hydrogen) atoms. The molecule has 0 amide bonds. The molecule has 1 aliphatic heterocycles. The van der Waals surface area contributed by atoms with Gasteiger partial charge < -0.3 is 0 Å². The zero-order chi connectivity index (χ0) is 17.7. The lowest BCUT2D eigenvalue weighted by molar-refractivity contribution is -0.145. The van der Waals surface area contributed by atoms with Gasteiger partial charge in [-0.3, -0.25) is 9.79 Å². The Morgan fingerprint density at radius 2 is 1.73 bits per heavy atom. The Bertz CT molecular complexity index is 872. The highest BCUT2D eigenvalue weighted by molar-refractivity contribution is 6.08. The van der Waals surface area contributed by atoms with Gasteiger partial charge in [-0.15, -0.1) is 0 Å². The third-order valence-electron chi connectivity index (χ3n) is 8.39. The van der Waals surface area contributed by atoms with Crippen LogP contribution in [0.1, 0.15) is 56.9 Å². The number of benzene rings is 1. The highest BCUT2D eigenvalue weighted by Gasteiger charge is 2.75. The van der Waals surface area contributed by atoms with Gasteiger partial charge in [0.15, 0.2) is 0 Å². The maximum atomic E-state index is 13.9. The predicted molar refractivity (Wildman–Crippen MR) is 99.1 cm³/mol. The van der Waals surface area contributed by atoms with Crippen LogP contribution in [0.5, 0.6) is 0 Å². The lowest BCUT2D eigenvalue weighted by atomic mass is 9.48. The lowest BCUT2D eigenvalue weighted by Crippen LogP contribution is -2.51. The molecule has 132 valence electrons. The smallest absolute Gasteiger partial charge is 0.144 e. The number of nitrogens with zero attached hydrogens (tertiary/aromatic N) is 2. The Morgan fingerprint density at radius 3 is 2.35 bits per heavy atom. The zero-order valence-corrected chi connectivity index (χ0v) is 15.2. The molecule has 0 aromatic heterocycles. The number of nitriles is 1. The van der Waals surface area contributed by atoms with Gasteiger partial charge in [-0.2, -0.15) is 5.26 Å². The summed E-state index contributed by atoms with van der Waals surface area (Å²) in [5.74, 6) is 2.54. The van der Waals surface area contributed by atoms with Crippen LogP contribution in [0.3, 0.4) is 0 Å². The Labute approximate surface area is 154 Å². The highest BCUT2D eigenvalue weighted by Crippen LogP contribution is 2.72. The van der Waals surface area contributed by atoms with Crippen molar-refractivity contribution in [3.05, 3.63) is 29.8 Å². The van der Waals surface area contributed by atoms with Gasteiger partial charge in [0.25, 0.3) is 0 Å². The second kappa shape index (κ2) is 4.66. The molecule has 7 rings (SSSR count). The average Bonchev–Trinajstić information content (AvgIpc) is 3.31. The summed E-state index contributed by atoms with van der Waals surface area (Å²) in [4.78, 5) is 18.7. The first kappa shape index (κ1) is 15.1. The van der Waals surface area contributed by atoms with E-state index < -0.39 is 5.41 Å². The van der Waals surface area contributed by atoms with Gasteiger partial charge >= 0.3 is 0 Å². The molecule has 3 nitrogen and oxygen atoms in total. The van der Waals surface area contributed by atoms with Crippen LogP contribution in [0.25, 0.3) is 0 Å². The van der Waals surface area contributed by atoms with Crippen molar-refractivity contribution in [3.63, 3.8) is 0 Å². The summed E-state index contributed by atoms with van der Waals surface area (Å²) in [5, 5.41) is 10.1. The summed E-state index contributed by atoms with van der Waals surface area (Å²) < 4.78 is 0. The van der Waals surface area contributed by atoms with Crippen LogP contribution in [0.2, 0.25) is 0 Å². The second-order valence-electron chi connectivity index (χ2n) is 9.75. The molecule has 3 atom stereocenters. The number of aliphatic imine (C=N–C) groups is 1. The van der Waals surface area contributed by atoms with Crippen LogP contribution in [0.15, 0.2) is 29.3 Å². The van der Waals surface area contributed by atoms with Gasteiger partial charge in [-0.1, -0.05) is 18.2 Å². The lowest BCUT2D eigenvalue weighted by Gasteiger charge is -2.56. The van der Waals surface area contributed by atoms with Crippen molar-refractivity contribution in [2.24, 2.45) is 39.5 Å². The zero-order valence-electron chi connectivity index (χ0n) is 15.2. The Kier molecular flexibility index (Phi) is 2.71. The molecule has 3 unspecified atom stereocenters. The molecule has 4 bridgehead atoms. The largest absolute Gasteiger partial charge is 0.299 e. The fourth-order valence-corrected chi connectivity index (χ4v) is 7.71. The number of Topliss-reactive ketones (excluding diaryl/α,β-unsaturated/α-hetero) is 1. The molecule has 5 saturated carbocycles. The quantitative estimate of drug-likeness (QED) is 0.773. The third-order valence-corrected chi connectivity index (χ3v) is 8.39. The molecule has 5 aliphatic carbocycles. The SMILES string of the molecule is CC1=Nc2ccccc2C2C(C(=O)C34CC5CC(CC(C5)C3)C4)C12C#N. The van der Waals surface area contributed by atoms with Crippen LogP contribution in [-0.2, 0) is 4.79 Å². The van der Waals surface area contributed by atoms with E-state index >= 15 is 0 Å². The fraction of sp³-hybridized carbons (Fsp3) is 0.609. The van der Waals surface area contributed by atoms with E-state index in [1.54, 1.807) is 0 Å². The number of hydrogen-bond donors (Lipinski definition) is 0. The highest BCUT2D eigenvalue weighted by atomic mass is 16.1. The summed E-state index contributed by atoms with van der Waals surface area (Å²) >= 11 is 0. The molecule has 0 spiro atoms. The number of hydrogen-bond acceptors (Lipinski definition) is 3. The van der Waals surface area contributed by atoms with Gasteiger partial charge in [0.1, 0.15) is 11.2 Å². The maximum absolute atomic E-state index is 13.9. The van der Waals surface area contributed by atoms with Crippen LogP contribution in [0, 0.1) is 45.8 Å². The predicted octanol–water partition coefficient (Wildman–Crippen LogP) is 4.80. The van der Waals surface area contributed by atoms with Crippen LogP contribution < -0.4 is 0 Å². The minimum atomic E-state index is -0.672. The summed E-state index contributed by atoms with van der Waals surface area (Å²) in [6.07, 6.45) is 7.27. The molecule has 1 aromatic carbocycles. The van der Waals surface area contributed by atoms with E-state index in [-0.39, 0.29) is 17.3 Å². The van der Waals surface area contributed by atoms with E-state index in [1.165, 1.54) is 19.3 Å². The van der Waals surface area contributed by atoms with Crippen molar-refractivity contribution >= 4 is 17.2 Å². The maximum Gasteiger partial charge on any atom is 0.144 e. The number of carbonyl (C=O) groups excluding carboxylic acids is 1. The molecule has 0 saturated heterocycles. The molecule has 5 fully saturated rings. The summed E-state index contributed by atoms with van der Waals surface area (Å²) in [7, 11) is 0. The molecule has 3 heteroatoms. The van der Waals surface area contributed by atoms with Crippen LogP contribution in [0.4, 0.5) is 5.69 Å². The fourth-order valence-electron chi connectivity index (χ4n) is 7.71. The monoisotopic (exact) mass is 344 g/mol. The Balaban J connectivity index is 1.43. The van der Waals surface area contributed by atoms with E-state index in [1.807, 2.05) is 25.1 Å². The first-order valence-corrected chi connectivity index (χ1v) is 10.2. The summed E-state index contributed by atoms with van der Waals surface area (Å²) in [6, 6.07) is 10.7. The molecule has 0 N–H and O–H groups in total. The molecule has 1 aromatic rings. The van der Waals surface area contributed by atoms with Crippen LogP contribution in [-0.4, -0.2) is 11.5 Å². The van der Waals surface area contributed by atoms with Crippen molar-refractivity contribution < 1.29 is 4.79 Å². The van der Waals surface area contributed by atoms with Crippen molar-refractivity contribution in [1.29, 1.82) is 5.26 Å². The van der Waals surface area contributed by atoms with Gasteiger partial charge in [0.05, 0.1) is 17.7 Å². The van der Waals surface area contributed by atoms with E-state index in [2.05, 4.69) is 12.1 Å². The van der Waals surface area contributed by atoms with Gasteiger partial charge in [-0.25, -0.2) is 0 Å². The molecule has 0 radical (unpaired) electrons. The number of carbonyl (C=O) groups is 1. The number of para-hydroxylation sites is 1.